The van der Waals surface area contributed by atoms with Crippen LogP contribution < -0.4 is 4.74 Å². The number of fused-ring (bicyclic) bond motifs is 1. The molecule has 2 aromatic carbocycles. The van der Waals surface area contributed by atoms with Crippen molar-refractivity contribution in [1.82, 2.24) is 14.8 Å². The molecule has 142 valence electrons. The second kappa shape index (κ2) is 7.69. The first-order valence-corrected chi connectivity index (χ1v) is 9.80. The fourth-order valence-electron chi connectivity index (χ4n) is 2.77. The van der Waals surface area contributed by atoms with E-state index >= 15 is 0 Å². The van der Waals surface area contributed by atoms with E-state index in [1.807, 2.05) is 29.8 Å². The van der Waals surface area contributed by atoms with Gasteiger partial charge in [-0.1, -0.05) is 23.4 Å². The second-order valence-corrected chi connectivity index (χ2v) is 7.48. The third kappa shape index (κ3) is 3.63. The smallest absolute Gasteiger partial charge is 0.200 e. The van der Waals surface area contributed by atoms with Crippen molar-refractivity contribution in [2.45, 2.75) is 5.16 Å². The van der Waals surface area contributed by atoms with Crippen LogP contribution in [0.4, 0.5) is 0 Å². The summed E-state index contributed by atoms with van der Waals surface area (Å²) in [6, 6.07) is 14.4. The van der Waals surface area contributed by atoms with Gasteiger partial charge in [0.2, 0.25) is 0 Å². The summed E-state index contributed by atoms with van der Waals surface area (Å²) in [6.07, 6.45) is 0. The molecule has 0 aliphatic rings. The molecule has 0 unspecified atom stereocenters. The number of carbonyl (C=O) groups excluding carboxylic acids is 1. The maximum absolute atomic E-state index is 12.4. The average molecular weight is 414 g/mol. The highest BCUT2D eigenvalue weighted by Crippen LogP contribution is 2.30. The Kier molecular flexibility index (Phi) is 5.11. The summed E-state index contributed by atoms with van der Waals surface area (Å²) in [5, 5.41) is 10.6. The summed E-state index contributed by atoms with van der Waals surface area (Å²) >= 11 is 7.36. The normalized spacial score (nSPS) is 11.1. The molecular formula is C20H16ClN3O3S. The van der Waals surface area contributed by atoms with Crippen LogP contribution in [0, 0.1) is 0 Å². The van der Waals surface area contributed by atoms with Gasteiger partial charge >= 0.3 is 0 Å². The molecule has 28 heavy (non-hydrogen) atoms. The van der Waals surface area contributed by atoms with Gasteiger partial charge in [-0.15, -0.1) is 10.2 Å². The number of rotatable bonds is 6. The molecule has 2 heterocycles. The van der Waals surface area contributed by atoms with E-state index in [0.29, 0.717) is 33.1 Å². The Morgan fingerprint density at radius 2 is 1.96 bits per heavy atom. The summed E-state index contributed by atoms with van der Waals surface area (Å²) in [7, 11) is 3.44. The fourth-order valence-corrected chi connectivity index (χ4v) is 3.76. The SMILES string of the molecule is COc1ccc(C(=O)CSc2nnc(-c3cc4cc(Cl)ccc4o3)n2C)cc1. The number of hydrogen-bond acceptors (Lipinski definition) is 6. The van der Waals surface area contributed by atoms with Crippen LogP contribution in [0.5, 0.6) is 5.75 Å². The number of aromatic nitrogens is 3. The van der Waals surface area contributed by atoms with Crippen LogP contribution >= 0.6 is 23.4 Å². The van der Waals surface area contributed by atoms with Crippen molar-refractivity contribution >= 4 is 40.1 Å². The maximum atomic E-state index is 12.4. The molecule has 8 heteroatoms. The minimum absolute atomic E-state index is 0.00980. The maximum Gasteiger partial charge on any atom is 0.200 e. The van der Waals surface area contributed by atoms with Gasteiger partial charge in [0.15, 0.2) is 22.5 Å². The van der Waals surface area contributed by atoms with E-state index in [2.05, 4.69) is 10.2 Å². The van der Waals surface area contributed by atoms with Crippen LogP contribution in [0.2, 0.25) is 5.02 Å². The summed E-state index contributed by atoms with van der Waals surface area (Å²) in [6.45, 7) is 0. The van der Waals surface area contributed by atoms with Gasteiger partial charge in [-0.2, -0.15) is 0 Å². The number of ketones is 1. The molecule has 0 saturated heterocycles. The third-order valence-corrected chi connectivity index (χ3v) is 5.53. The Bertz CT molecular complexity index is 1150. The Morgan fingerprint density at radius 1 is 1.18 bits per heavy atom. The number of thioether (sulfide) groups is 1. The predicted octanol–water partition coefficient (Wildman–Crippen LogP) is 4.87. The Balaban J connectivity index is 1.50. The second-order valence-electron chi connectivity index (χ2n) is 6.10. The van der Waals surface area contributed by atoms with Gasteiger partial charge in [0, 0.05) is 23.0 Å². The molecule has 0 amide bonds. The molecule has 0 spiro atoms. The molecule has 0 atom stereocenters. The average Bonchev–Trinajstić information content (AvgIpc) is 3.28. The van der Waals surface area contributed by atoms with E-state index in [-0.39, 0.29) is 11.5 Å². The van der Waals surface area contributed by atoms with E-state index in [0.717, 1.165) is 11.0 Å². The van der Waals surface area contributed by atoms with Crippen molar-refractivity contribution in [3.63, 3.8) is 0 Å². The number of Topliss-reactive ketones (excluding diaryl/α,β-unsaturated/α-hetero) is 1. The number of benzene rings is 2. The Labute approximate surface area is 170 Å². The van der Waals surface area contributed by atoms with Gasteiger partial charge in [0.25, 0.3) is 0 Å². The quantitative estimate of drug-likeness (QED) is 0.332. The minimum Gasteiger partial charge on any atom is -0.497 e. The van der Waals surface area contributed by atoms with Crippen molar-refractivity contribution in [1.29, 1.82) is 0 Å². The highest BCUT2D eigenvalue weighted by Gasteiger charge is 2.17. The molecule has 0 aliphatic carbocycles. The van der Waals surface area contributed by atoms with Crippen molar-refractivity contribution in [2.24, 2.45) is 7.05 Å². The molecule has 6 nitrogen and oxygen atoms in total. The first-order chi connectivity index (χ1) is 13.5. The summed E-state index contributed by atoms with van der Waals surface area (Å²) in [5.74, 6) is 2.17. The lowest BCUT2D eigenvalue weighted by Gasteiger charge is -2.03. The number of carbonyl (C=O) groups is 1. The Morgan fingerprint density at radius 3 is 2.71 bits per heavy atom. The van der Waals surface area contributed by atoms with Crippen LogP contribution in [0.15, 0.2) is 58.1 Å². The lowest BCUT2D eigenvalue weighted by Crippen LogP contribution is -2.04. The number of furan rings is 1. The van der Waals surface area contributed by atoms with Gasteiger partial charge in [-0.25, -0.2) is 0 Å². The summed E-state index contributed by atoms with van der Waals surface area (Å²) < 4.78 is 12.8. The Hall–Kier alpha value is -2.77. The molecule has 0 aliphatic heterocycles. The molecule has 2 aromatic heterocycles. The van der Waals surface area contributed by atoms with E-state index in [9.17, 15) is 4.79 Å². The fraction of sp³-hybridized carbons (Fsp3) is 0.150. The predicted molar refractivity (Wildman–Crippen MR) is 109 cm³/mol. The largest absolute Gasteiger partial charge is 0.497 e. The van der Waals surface area contributed by atoms with E-state index in [1.54, 1.807) is 37.4 Å². The van der Waals surface area contributed by atoms with Crippen molar-refractivity contribution < 1.29 is 13.9 Å². The molecule has 0 bridgehead atoms. The van der Waals surface area contributed by atoms with Crippen molar-refractivity contribution in [2.75, 3.05) is 12.9 Å². The van der Waals surface area contributed by atoms with Gasteiger partial charge in [-0.3, -0.25) is 4.79 Å². The third-order valence-electron chi connectivity index (χ3n) is 4.28. The molecule has 4 rings (SSSR count). The molecule has 0 saturated carbocycles. The van der Waals surface area contributed by atoms with Gasteiger partial charge in [0.05, 0.1) is 12.9 Å². The first-order valence-electron chi connectivity index (χ1n) is 8.44. The van der Waals surface area contributed by atoms with Crippen molar-refractivity contribution in [3.8, 4) is 17.3 Å². The van der Waals surface area contributed by atoms with Gasteiger partial charge < -0.3 is 13.7 Å². The zero-order chi connectivity index (χ0) is 19.7. The first kappa shape index (κ1) is 18.6. The molecule has 4 aromatic rings. The highest BCUT2D eigenvalue weighted by atomic mass is 35.5. The van der Waals surface area contributed by atoms with E-state index in [4.69, 9.17) is 20.8 Å². The monoisotopic (exact) mass is 413 g/mol. The topological polar surface area (TPSA) is 70.2 Å². The van der Waals surface area contributed by atoms with Crippen LogP contribution in [0.25, 0.3) is 22.6 Å². The molecular weight excluding hydrogens is 398 g/mol. The number of nitrogens with zero attached hydrogens (tertiary/aromatic N) is 3. The summed E-state index contributed by atoms with van der Waals surface area (Å²) in [4.78, 5) is 12.4. The molecule has 0 radical (unpaired) electrons. The lowest BCUT2D eigenvalue weighted by molar-refractivity contribution is 0.102. The van der Waals surface area contributed by atoms with E-state index < -0.39 is 0 Å². The molecule has 0 N–H and O–H groups in total. The number of hydrogen-bond donors (Lipinski definition) is 0. The molecule has 0 fully saturated rings. The van der Waals surface area contributed by atoms with Crippen LogP contribution in [-0.2, 0) is 7.05 Å². The van der Waals surface area contributed by atoms with Crippen LogP contribution in [-0.4, -0.2) is 33.4 Å². The van der Waals surface area contributed by atoms with Crippen LogP contribution in [0.3, 0.4) is 0 Å². The zero-order valence-corrected chi connectivity index (χ0v) is 16.8. The van der Waals surface area contributed by atoms with Gasteiger partial charge in [-0.05, 0) is 48.5 Å². The summed E-state index contributed by atoms with van der Waals surface area (Å²) in [5.41, 5.74) is 1.36. The minimum atomic E-state index is 0.00980. The number of halogens is 1. The van der Waals surface area contributed by atoms with Gasteiger partial charge in [0.1, 0.15) is 11.3 Å². The van der Waals surface area contributed by atoms with Crippen LogP contribution in [0.1, 0.15) is 10.4 Å². The number of ether oxygens (including phenoxy) is 1. The highest BCUT2D eigenvalue weighted by molar-refractivity contribution is 7.99. The van der Waals surface area contributed by atoms with Crippen molar-refractivity contribution in [3.05, 3.63) is 59.1 Å². The zero-order valence-electron chi connectivity index (χ0n) is 15.2. The standard InChI is InChI=1S/C20H16ClN3O3S/c1-24-19(18-10-13-9-14(21)5-8-17(13)27-18)22-23-20(24)28-11-16(25)12-3-6-15(26-2)7-4-12/h3-10H,11H2,1-2H3. The van der Waals surface area contributed by atoms with E-state index in [1.165, 1.54) is 11.8 Å². The number of methoxy groups -OCH3 is 1. The lowest BCUT2D eigenvalue weighted by atomic mass is 10.1.